The van der Waals surface area contributed by atoms with Crippen molar-refractivity contribution in [2.75, 3.05) is 19.7 Å². The summed E-state index contributed by atoms with van der Waals surface area (Å²) < 4.78 is 6.24. The Morgan fingerprint density at radius 3 is 2.91 bits per heavy atom. The molecule has 0 saturated carbocycles. The number of nitrogens with zero attached hydrogens (tertiary/aromatic N) is 2. The number of thiazole rings is 1. The van der Waals surface area contributed by atoms with Crippen molar-refractivity contribution in [1.82, 2.24) is 9.88 Å². The molecule has 0 aliphatic carbocycles. The minimum absolute atomic E-state index is 0.172. The average molecular weight is 402 g/mol. The Morgan fingerprint density at radius 1 is 1.41 bits per heavy atom. The lowest BCUT2D eigenvalue weighted by Crippen LogP contribution is -2.50. The first-order chi connectivity index (χ1) is 10.5. The van der Waals surface area contributed by atoms with Gasteiger partial charge in [0.05, 0.1) is 18.0 Å². The van der Waals surface area contributed by atoms with Crippen molar-refractivity contribution in [3.05, 3.63) is 27.0 Å². The fourth-order valence-corrected chi connectivity index (χ4v) is 4.38. The van der Waals surface area contributed by atoms with E-state index in [1.807, 2.05) is 11.4 Å². The Kier molecular flexibility index (Phi) is 4.57. The number of carbonyl (C=O) groups excluding carboxylic acids is 2. The number of primary amides is 1. The molecule has 0 spiro atoms. The van der Waals surface area contributed by atoms with E-state index in [0.717, 1.165) is 14.4 Å². The van der Waals surface area contributed by atoms with Crippen LogP contribution in [0.1, 0.15) is 10.5 Å². The van der Waals surface area contributed by atoms with Gasteiger partial charge in [0.1, 0.15) is 10.7 Å². The Bertz CT molecular complexity index is 715. The second-order valence-electron chi connectivity index (χ2n) is 4.68. The number of thiophene rings is 1. The standard InChI is InChI=1S/C13H12BrN3O3S2/c14-7-3-10(21-5-7)12-16-8(6-22-12)13(19)17-1-2-20-9(4-17)11(15)18/h3,5-6,9H,1-2,4H2,(H2,15,18). The van der Waals surface area contributed by atoms with E-state index >= 15 is 0 Å². The largest absolute Gasteiger partial charge is 0.367 e. The second kappa shape index (κ2) is 6.45. The summed E-state index contributed by atoms with van der Waals surface area (Å²) in [5, 5.41) is 4.51. The van der Waals surface area contributed by atoms with Crippen LogP contribution in [0.2, 0.25) is 0 Å². The lowest BCUT2D eigenvalue weighted by atomic mass is 10.2. The molecule has 22 heavy (non-hydrogen) atoms. The number of nitrogens with two attached hydrogens (primary N) is 1. The molecule has 0 radical (unpaired) electrons. The topological polar surface area (TPSA) is 85.5 Å². The summed E-state index contributed by atoms with van der Waals surface area (Å²) >= 11 is 6.39. The molecule has 1 aliphatic rings. The van der Waals surface area contributed by atoms with Gasteiger partial charge >= 0.3 is 0 Å². The maximum Gasteiger partial charge on any atom is 0.273 e. The third-order valence-corrected chi connectivity index (χ3v) is 5.88. The first-order valence-electron chi connectivity index (χ1n) is 6.44. The van der Waals surface area contributed by atoms with Gasteiger partial charge in [-0.2, -0.15) is 0 Å². The highest BCUT2D eigenvalue weighted by molar-refractivity contribution is 9.10. The molecule has 6 nitrogen and oxygen atoms in total. The summed E-state index contributed by atoms with van der Waals surface area (Å²) in [5.41, 5.74) is 5.62. The summed E-state index contributed by atoms with van der Waals surface area (Å²) in [6.07, 6.45) is -0.746. The third kappa shape index (κ3) is 3.22. The number of rotatable bonds is 3. The third-order valence-electron chi connectivity index (χ3n) is 3.17. The molecule has 3 rings (SSSR count). The second-order valence-corrected chi connectivity index (χ2v) is 7.37. The molecule has 2 aromatic rings. The molecule has 116 valence electrons. The molecule has 0 bridgehead atoms. The number of hydrogen-bond acceptors (Lipinski definition) is 6. The SMILES string of the molecule is NC(=O)C1CN(C(=O)c2csc(-c3cc(Br)cs3)n2)CCO1. The van der Waals surface area contributed by atoms with Gasteiger partial charge in [0.25, 0.3) is 5.91 Å². The van der Waals surface area contributed by atoms with E-state index < -0.39 is 12.0 Å². The van der Waals surface area contributed by atoms with Crippen molar-refractivity contribution in [1.29, 1.82) is 0 Å². The van der Waals surface area contributed by atoms with Gasteiger partial charge in [-0.25, -0.2) is 4.98 Å². The maximum absolute atomic E-state index is 12.5. The predicted octanol–water partition coefficient (Wildman–Crippen LogP) is 1.96. The lowest BCUT2D eigenvalue weighted by Gasteiger charge is -2.30. The van der Waals surface area contributed by atoms with E-state index in [-0.39, 0.29) is 12.5 Å². The molecular formula is C13H12BrN3O3S2. The smallest absolute Gasteiger partial charge is 0.273 e. The van der Waals surface area contributed by atoms with Crippen molar-refractivity contribution in [2.24, 2.45) is 5.73 Å². The summed E-state index contributed by atoms with van der Waals surface area (Å²) in [6, 6.07) is 1.97. The van der Waals surface area contributed by atoms with Gasteiger partial charge in [-0.05, 0) is 22.0 Å². The molecule has 0 aromatic carbocycles. The zero-order chi connectivity index (χ0) is 15.7. The van der Waals surface area contributed by atoms with Gasteiger partial charge in [-0.15, -0.1) is 22.7 Å². The summed E-state index contributed by atoms with van der Waals surface area (Å²) in [7, 11) is 0. The van der Waals surface area contributed by atoms with E-state index in [0.29, 0.717) is 18.8 Å². The van der Waals surface area contributed by atoms with Gasteiger partial charge in [-0.1, -0.05) is 0 Å². The molecule has 2 N–H and O–H groups in total. The fraction of sp³-hybridized carbons (Fsp3) is 0.308. The van der Waals surface area contributed by atoms with Gasteiger partial charge in [0, 0.05) is 21.8 Å². The molecular weight excluding hydrogens is 390 g/mol. The van der Waals surface area contributed by atoms with E-state index in [4.69, 9.17) is 10.5 Å². The number of carbonyl (C=O) groups is 2. The highest BCUT2D eigenvalue weighted by atomic mass is 79.9. The normalized spacial score (nSPS) is 18.4. The van der Waals surface area contributed by atoms with E-state index in [1.54, 1.807) is 21.6 Å². The molecule has 2 aromatic heterocycles. The van der Waals surface area contributed by atoms with Crippen LogP contribution in [0.3, 0.4) is 0 Å². The minimum atomic E-state index is -0.746. The summed E-state index contributed by atoms with van der Waals surface area (Å²) in [4.78, 5) is 30.6. The lowest BCUT2D eigenvalue weighted by molar-refractivity contribution is -0.133. The zero-order valence-electron chi connectivity index (χ0n) is 11.3. The summed E-state index contributed by atoms with van der Waals surface area (Å²) in [6.45, 7) is 0.903. The average Bonchev–Trinajstić information content (AvgIpc) is 3.15. The number of hydrogen-bond donors (Lipinski definition) is 1. The first kappa shape index (κ1) is 15.6. The Balaban J connectivity index is 1.75. The molecule has 1 fully saturated rings. The minimum Gasteiger partial charge on any atom is -0.367 e. The molecule has 9 heteroatoms. The quantitative estimate of drug-likeness (QED) is 0.851. The maximum atomic E-state index is 12.5. The van der Waals surface area contributed by atoms with E-state index in [9.17, 15) is 9.59 Å². The zero-order valence-corrected chi connectivity index (χ0v) is 14.5. The number of ether oxygens (including phenoxy) is 1. The van der Waals surface area contributed by atoms with Crippen LogP contribution in [0.15, 0.2) is 21.3 Å². The van der Waals surface area contributed by atoms with Gasteiger partial charge in [0.2, 0.25) is 5.91 Å². The van der Waals surface area contributed by atoms with Crippen LogP contribution >= 0.6 is 38.6 Å². The first-order valence-corrected chi connectivity index (χ1v) is 9.00. The van der Waals surface area contributed by atoms with Crippen LogP contribution in [0.5, 0.6) is 0 Å². The number of amides is 2. The van der Waals surface area contributed by atoms with Crippen molar-refractivity contribution in [2.45, 2.75) is 6.10 Å². The number of halogens is 1. The molecule has 1 aliphatic heterocycles. The Hall–Kier alpha value is -1.29. The van der Waals surface area contributed by atoms with Crippen molar-refractivity contribution in [3.8, 4) is 9.88 Å². The molecule has 1 saturated heterocycles. The van der Waals surface area contributed by atoms with Crippen LogP contribution in [-0.4, -0.2) is 47.5 Å². The highest BCUT2D eigenvalue weighted by Gasteiger charge is 2.29. The van der Waals surface area contributed by atoms with Crippen molar-refractivity contribution >= 4 is 50.4 Å². The van der Waals surface area contributed by atoms with Gasteiger partial charge in [0.15, 0.2) is 6.10 Å². The Morgan fingerprint density at radius 2 is 2.23 bits per heavy atom. The molecule has 1 atom stereocenters. The highest BCUT2D eigenvalue weighted by Crippen LogP contribution is 2.32. The van der Waals surface area contributed by atoms with Gasteiger partial charge in [-0.3, -0.25) is 9.59 Å². The molecule has 2 amide bonds. The van der Waals surface area contributed by atoms with Crippen LogP contribution in [0.4, 0.5) is 0 Å². The summed E-state index contributed by atoms with van der Waals surface area (Å²) in [5.74, 6) is -0.757. The number of aromatic nitrogens is 1. The van der Waals surface area contributed by atoms with Crippen LogP contribution in [0, 0.1) is 0 Å². The molecule has 1 unspecified atom stereocenters. The predicted molar refractivity (Wildman–Crippen MR) is 88.0 cm³/mol. The van der Waals surface area contributed by atoms with Crippen molar-refractivity contribution < 1.29 is 14.3 Å². The van der Waals surface area contributed by atoms with Crippen molar-refractivity contribution in [3.63, 3.8) is 0 Å². The fourth-order valence-electron chi connectivity index (χ4n) is 2.08. The van der Waals surface area contributed by atoms with Crippen LogP contribution in [-0.2, 0) is 9.53 Å². The number of morpholine rings is 1. The van der Waals surface area contributed by atoms with E-state index in [2.05, 4.69) is 20.9 Å². The Labute approximate surface area is 143 Å². The monoisotopic (exact) mass is 401 g/mol. The van der Waals surface area contributed by atoms with Crippen LogP contribution in [0.25, 0.3) is 9.88 Å². The molecule has 3 heterocycles. The van der Waals surface area contributed by atoms with Gasteiger partial charge < -0.3 is 15.4 Å². The van der Waals surface area contributed by atoms with Crippen LogP contribution < -0.4 is 5.73 Å². The van der Waals surface area contributed by atoms with E-state index in [1.165, 1.54) is 11.3 Å².